The molecule has 1 aromatic carbocycles. The van der Waals surface area contributed by atoms with Gasteiger partial charge in [-0.25, -0.2) is 4.79 Å². The maximum absolute atomic E-state index is 12.1. The molecular formula is C18H22BrNO5. The Morgan fingerprint density at radius 2 is 2.16 bits per heavy atom. The minimum absolute atomic E-state index is 0.0960. The van der Waals surface area contributed by atoms with Gasteiger partial charge in [0.05, 0.1) is 11.0 Å². The number of fused-ring (bicyclic) bond motifs is 1. The predicted molar refractivity (Wildman–Crippen MR) is 96.8 cm³/mol. The normalized spacial score (nSPS) is 22.8. The molecule has 2 aliphatic heterocycles. The first-order chi connectivity index (χ1) is 11.7. The van der Waals surface area contributed by atoms with Gasteiger partial charge in [-0.15, -0.1) is 0 Å². The molecule has 0 aromatic heterocycles. The highest BCUT2D eigenvalue weighted by Crippen LogP contribution is 2.34. The third-order valence-corrected chi connectivity index (χ3v) is 4.47. The predicted octanol–water partition coefficient (Wildman–Crippen LogP) is 3.52. The average molecular weight is 412 g/mol. The molecule has 25 heavy (non-hydrogen) atoms. The highest BCUT2D eigenvalue weighted by Gasteiger charge is 2.31. The number of hydrogen-bond acceptors (Lipinski definition) is 5. The van der Waals surface area contributed by atoms with E-state index in [1.165, 1.54) is 0 Å². The lowest BCUT2D eigenvalue weighted by Gasteiger charge is -2.24. The summed E-state index contributed by atoms with van der Waals surface area (Å²) < 4.78 is 17.4. The minimum Gasteiger partial charge on any atom is -0.488 e. The van der Waals surface area contributed by atoms with Gasteiger partial charge >= 0.3 is 6.09 Å². The van der Waals surface area contributed by atoms with E-state index >= 15 is 0 Å². The standard InChI is InChI=1S/C18H22BrNO5/c1-18(2,3)25-17(22)20-7-6-13(10-20)23-12-5-4-11-8-14(19)16(21)24-15(11)9-12/h4-5,8-9,13,16,21H,6-7,10H2,1-3H3/t13-,16-/m0/s1. The monoisotopic (exact) mass is 411 g/mol. The van der Waals surface area contributed by atoms with E-state index in [0.29, 0.717) is 29.1 Å². The number of aliphatic hydroxyl groups excluding tert-OH is 1. The molecule has 1 saturated heterocycles. The Labute approximate surface area is 155 Å². The summed E-state index contributed by atoms with van der Waals surface area (Å²) in [4.78, 5) is 13.8. The van der Waals surface area contributed by atoms with Gasteiger partial charge in [-0.05, 0) is 54.9 Å². The van der Waals surface area contributed by atoms with E-state index in [0.717, 1.165) is 12.0 Å². The summed E-state index contributed by atoms with van der Waals surface area (Å²) in [5, 5.41) is 9.75. The molecule has 0 radical (unpaired) electrons. The molecule has 2 heterocycles. The molecule has 1 amide bonds. The van der Waals surface area contributed by atoms with Crippen LogP contribution in [0, 0.1) is 0 Å². The maximum atomic E-state index is 12.1. The number of halogens is 1. The zero-order valence-electron chi connectivity index (χ0n) is 14.5. The Morgan fingerprint density at radius 3 is 2.88 bits per heavy atom. The van der Waals surface area contributed by atoms with Crippen molar-refractivity contribution in [1.82, 2.24) is 4.90 Å². The number of aliphatic hydroxyl groups is 1. The van der Waals surface area contributed by atoms with Crippen LogP contribution in [0.15, 0.2) is 22.7 Å². The summed E-state index contributed by atoms with van der Waals surface area (Å²) in [7, 11) is 0. The number of nitrogens with zero attached hydrogens (tertiary/aromatic N) is 1. The van der Waals surface area contributed by atoms with Crippen molar-refractivity contribution in [3.8, 4) is 11.5 Å². The van der Waals surface area contributed by atoms with Gasteiger partial charge in [0.25, 0.3) is 0 Å². The summed E-state index contributed by atoms with van der Waals surface area (Å²) in [6, 6.07) is 5.48. The van der Waals surface area contributed by atoms with Gasteiger partial charge < -0.3 is 24.2 Å². The van der Waals surface area contributed by atoms with Gasteiger partial charge in [-0.3, -0.25) is 0 Å². The van der Waals surface area contributed by atoms with Crippen LogP contribution in [0.25, 0.3) is 6.08 Å². The molecule has 3 rings (SSSR count). The number of carbonyl (C=O) groups is 1. The van der Waals surface area contributed by atoms with Crippen molar-refractivity contribution < 1.29 is 24.1 Å². The van der Waals surface area contributed by atoms with E-state index in [4.69, 9.17) is 14.2 Å². The Bertz CT molecular complexity index is 697. The van der Waals surface area contributed by atoms with Crippen molar-refractivity contribution in [1.29, 1.82) is 0 Å². The largest absolute Gasteiger partial charge is 0.488 e. The second-order valence-corrected chi connectivity index (χ2v) is 8.07. The summed E-state index contributed by atoms with van der Waals surface area (Å²) in [6.45, 7) is 6.65. The van der Waals surface area contributed by atoms with E-state index < -0.39 is 11.9 Å². The van der Waals surface area contributed by atoms with Gasteiger partial charge in [-0.1, -0.05) is 0 Å². The lowest BCUT2D eigenvalue weighted by Crippen LogP contribution is -2.36. The van der Waals surface area contributed by atoms with Crippen molar-refractivity contribution in [3.05, 3.63) is 28.2 Å². The van der Waals surface area contributed by atoms with Crippen molar-refractivity contribution in [2.45, 2.75) is 45.2 Å². The van der Waals surface area contributed by atoms with Crippen LogP contribution in [0.3, 0.4) is 0 Å². The lowest BCUT2D eigenvalue weighted by atomic mass is 10.1. The van der Waals surface area contributed by atoms with E-state index in [1.807, 2.05) is 39.0 Å². The zero-order chi connectivity index (χ0) is 18.2. The van der Waals surface area contributed by atoms with Crippen LogP contribution in [0.1, 0.15) is 32.8 Å². The van der Waals surface area contributed by atoms with Crippen molar-refractivity contribution in [2.24, 2.45) is 0 Å². The molecule has 1 N–H and O–H groups in total. The Balaban J connectivity index is 1.61. The minimum atomic E-state index is -1.00. The zero-order valence-corrected chi connectivity index (χ0v) is 16.1. The van der Waals surface area contributed by atoms with Crippen molar-refractivity contribution in [3.63, 3.8) is 0 Å². The second-order valence-electron chi connectivity index (χ2n) is 7.15. The van der Waals surface area contributed by atoms with Crippen molar-refractivity contribution >= 4 is 28.1 Å². The number of amides is 1. The number of hydrogen-bond donors (Lipinski definition) is 1. The Hall–Kier alpha value is -1.73. The van der Waals surface area contributed by atoms with Gasteiger partial charge in [0.2, 0.25) is 6.29 Å². The van der Waals surface area contributed by atoms with Crippen molar-refractivity contribution in [2.75, 3.05) is 13.1 Å². The van der Waals surface area contributed by atoms with Crippen LogP contribution in [0.5, 0.6) is 11.5 Å². The summed E-state index contributed by atoms with van der Waals surface area (Å²) in [6.07, 6.45) is 1.14. The third-order valence-electron chi connectivity index (χ3n) is 3.85. The Kier molecular flexibility index (Phi) is 4.97. The van der Waals surface area contributed by atoms with Gasteiger partial charge in [-0.2, -0.15) is 0 Å². The number of benzene rings is 1. The number of ether oxygens (including phenoxy) is 3. The van der Waals surface area contributed by atoms with E-state index in [-0.39, 0.29) is 12.2 Å². The van der Waals surface area contributed by atoms with Gasteiger partial charge in [0.15, 0.2) is 0 Å². The fourth-order valence-corrected chi connectivity index (χ4v) is 3.05. The quantitative estimate of drug-likeness (QED) is 0.805. The first kappa shape index (κ1) is 18.1. The number of carbonyl (C=O) groups excluding carboxylic acids is 1. The molecule has 1 fully saturated rings. The van der Waals surface area contributed by atoms with Gasteiger partial charge in [0, 0.05) is 24.6 Å². The van der Waals surface area contributed by atoms with Crippen LogP contribution < -0.4 is 9.47 Å². The molecular weight excluding hydrogens is 390 g/mol. The average Bonchev–Trinajstić information content (AvgIpc) is 2.96. The summed E-state index contributed by atoms with van der Waals surface area (Å²) in [5.41, 5.74) is 0.362. The Morgan fingerprint density at radius 1 is 1.40 bits per heavy atom. The van der Waals surface area contributed by atoms with E-state index in [9.17, 15) is 9.90 Å². The fraction of sp³-hybridized carbons (Fsp3) is 0.500. The number of rotatable bonds is 2. The molecule has 0 spiro atoms. The topological polar surface area (TPSA) is 68.2 Å². The van der Waals surface area contributed by atoms with Crippen LogP contribution in [0.4, 0.5) is 4.79 Å². The molecule has 0 aliphatic carbocycles. The first-order valence-corrected chi connectivity index (χ1v) is 9.01. The molecule has 0 bridgehead atoms. The molecule has 2 atom stereocenters. The number of likely N-dealkylation sites (tertiary alicyclic amines) is 1. The molecule has 1 aromatic rings. The van der Waals surface area contributed by atoms with E-state index in [2.05, 4.69) is 15.9 Å². The molecule has 6 nitrogen and oxygen atoms in total. The maximum Gasteiger partial charge on any atom is 0.410 e. The van der Waals surface area contributed by atoms with Gasteiger partial charge in [0.1, 0.15) is 23.2 Å². The highest BCUT2D eigenvalue weighted by molar-refractivity contribution is 9.11. The highest BCUT2D eigenvalue weighted by atomic mass is 79.9. The summed E-state index contributed by atoms with van der Waals surface area (Å²) in [5.74, 6) is 1.21. The molecule has 2 aliphatic rings. The first-order valence-electron chi connectivity index (χ1n) is 8.22. The third kappa shape index (κ3) is 4.46. The SMILES string of the molecule is CC(C)(C)OC(=O)N1CC[C@H](Oc2ccc3c(c2)O[C@H](O)C(Br)=C3)C1. The molecule has 0 saturated carbocycles. The molecule has 0 unspecified atom stereocenters. The smallest absolute Gasteiger partial charge is 0.410 e. The summed E-state index contributed by atoms with van der Waals surface area (Å²) >= 11 is 3.26. The van der Waals surface area contributed by atoms with Crippen LogP contribution in [-0.4, -0.2) is 47.2 Å². The second kappa shape index (κ2) is 6.88. The molecule has 7 heteroatoms. The fourth-order valence-electron chi connectivity index (χ4n) is 2.71. The molecule has 136 valence electrons. The lowest BCUT2D eigenvalue weighted by molar-refractivity contribution is 0.0200. The van der Waals surface area contributed by atoms with Crippen LogP contribution in [-0.2, 0) is 4.74 Å². The van der Waals surface area contributed by atoms with Crippen LogP contribution >= 0.6 is 15.9 Å². The van der Waals surface area contributed by atoms with E-state index in [1.54, 1.807) is 11.0 Å². The van der Waals surface area contributed by atoms with Crippen LogP contribution in [0.2, 0.25) is 0 Å².